The number of anilines is 1. The number of carbonyl (C=O) groups excluding carboxylic acids is 1. The first-order chi connectivity index (χ1) is 17.9. The molecule has 0 bridgehead atoms. The van der Waals surface area contributed by atoms with Crippen molar-refractivity contribution in [2.45, 2.75) is 45.3 Å². The van der Waals surface area contributed by atoms with Crippen LogP contribution < -0.4 is 10.1 Å². The molecule has 2 aromatic carbocycles. The van der Waals surface area contributed by atoms with Crippen molar-refractivity contribution >= 4 is 29.2 Å². The summed E-state index contributed by atoms with van der Waals surface area (Å²) in [6.45, 7) is 3.99. The fraction of sp³-hybridized carbons (Fsp3) is 0.296. The maximum absolute atomic E-state index is 13.6. The number of nitrogens with zero attached hydrogens (tertiary/aromatic N) is 2. The van der Waals surface area contributed by atoms with Gasteiger partial charge in [-0.3, -0.25) is 9.59 Å². The number of carboxylic acid groups (broad SMARTS) is 1. The number of aromatic nitrogens is 1. The molecule has 11 heteroatoms. The fourth-order valence-corrected chi connectivity index (χ4v) is 4.20. The summed E-state index contributed by atoms with van der Waals surface area (Å²) in [4.78, 5) is 24.2. The molecular formula is C27H25ClF3N3O4. The van der Waals surface area contributed by atoms with Crippen molar-refractivity contribution in [3.05, 3.63) is 81.6 Å². The average Bonchev–Trinajstić information content (AvgIpc) is 3.26. The predicted octanol–water partition coefficient (Wildman–Crippen LogP) is 6.50. The van der Waals surface area contributed by atoms with E-state index in [0.29, 0.717) is 29.2 Å². The van der Waals surface area contributed by atoms with Crippen LogP contribution >= 0.6 is 11.6 Å². The maximum atomic E-state index is 13.6. The van der Waals surface area contributed by atoms with Crippen molar-refractivity contribution in [2.24, 2.45) is 0 Å². The van der Waals surface area contributed by atoms with Crippen molar-refractivity contribution in [3.63, 3.8) is 0 Å². The lowest BCUT2D eigenvalue weighted by Crippen LogP contribution is -2.22. The molecule has 0 radical (unpaired) electrons. The molecule has 7 nitrogen and oxygen atoms in total. The molecule has 0 spiro atoms. The summed E-state index contributed by atoms with van der Waals surface area (Å²) in [7, 11) is 0. The molecule has 2 N–H and O–H groups in total. The largest absolute Gasteiger partial charge is 0.493 e. The van der Waals surface area contributed by atoms with E-state index in [1.165, 1.54) is 12.1 Å². The molecule has 1 heterocycles. The summed E-state index contributed by atoms with van der Waals surface area (Å²) in [5.41, 5.74) is -0.245. The van der Waals surface area contributed by atoms with Crippen molar-refractivity contribution in [2.75, 3.05) is 11.9 Å². The number of rotatable bonds is 10. The summed E-state index contributed by atoms with van der Waals surface area (Å²) >= 11 is 6.01. The summed E-state index contributed by atoms with van der Waals surface area (Å²) in [5.74, 6) is -1.56. The molecule has 3 rings (SSSR count). The molecule has 38 heavy (non-hydrogen) atoms. The third-order valence-corrected chi connectivity index (χ3v) is 6.11. The number of ether oxygens (including phenoxy) is 1. The molecule has 3 aromatic rings. The first-order valence-electron chi connectivity index (χ1n) is 11.7. The fourth-order valence-electron chi connectivity index (χ4n) is 3.98. The number of hydrogen-bond acceptors (Lipinski definition) is 4. The number of halogens is 4. The lowest BCUT2D eigenvalue weighted by molar-refractivity contribution is -0.137. The molecule has 1 atom stereocenters. The topological polar surface area (TPSA) is 104 Å². The Hall–Kier alpha value is -3.97. The van der Waals surface area contributed by atoms with Gasteiger partial charge >= 0.3 is 12.1 Å². The molecule has 0 unspecified atom stereocenters. The zero-order valence-corrected chi connectivity index (χ0v) is 21.4. The number of aliphatic carboxylic acids is 1. The second kappa shape index (κ2) is 12.0. The number of nitriles is 1. The van der Waals surface area contributed by atoms with Crippen LogP contribution in [0.1, 0.15) is 59.2 Å². The van der Waals surface area contributed by atoms with E-state index in [9.17, 15) is 22.8 Å². The van der Waals surface area contributed by atoms with Gasteiger partial charge in [-0.05, 0) is 61.4 Å². The minimum atomic E-state index is -4.75. The standard InChI is InChI=1S/C27H25ClF3N3O4/c1-3-16(2)34-20(8-9-38-21-11-18(15-32)10-19(28)14-21)5-7-24(34)26(37)33-23-12-17(13-25(35)36)4-6-22(23)27(29,30)31/h4-7,10-12,14,16H,3,8-9,13H2,1-2H3,(H,33,37)(H,35,36)/t16-/m0/s1. The Labute approximate surface area is 222 Å². The predicted molar refractivity (Wildman–Crippen MR) is 136 cm³/mol. The van der Waals surface area contributed by atoms with Gasteiger partial charge in [0.1, 0.15) is 11.4 Å². The van der Waals surface area contributed by atoms with Crippen LogP contribution in [-0.4, -0.2) is 28.2 Å². The van der Waals surface area contributed by atoms with Gasteiger partial charge in [0.2, 0.25) is 0 Å². The number of alkyl halides is 3. The quantitative estimate of drug-likeness (QED) is 0.301. The summed E-state index contributed by atoms with van der Waals surface area (Å²) in [5, 5.41) is 20.8. The highest BCUT2D eigenvalue weighted by Crippen LogP contribution is 2.36. The smallest absolute Gasteiger partial charge is 0.418 e. The highest BCUT2D eigenvalue weighted by atomic mass is 35.5. The van der Waals surface area contributed by atoms with E-state index in [2.05, 4.69) is 5.32 Å². The maximum Gasteiger partial charge on any atom is 0.418 e. The number of hydrogen-bond donors (Lipinski definition) is 2. The second-order valence-electron chi connectivity index (χ2n) is 8.63. The zero-order valence-electron chi connectivity index (χ0n) is 20.6. The van der Waals surface area contributed by atoms with Crippen molar-refractivity contribution in [3.8, 4) is 11.8 Å². The number of carboxylic acids is 1. The molecule has 0 saturated carbocycles. The average molecular weight is 548 g/mol. The third kappa shape index (κ3) is 7.07. The highest BCUT2D eigenvalue weighted by molar-refractivity contribution is 6.30. The van der Waals surface area contributed by atoms with Crippen LogP contribution in [0, 0.1) is 11.3 Å². The molecule has 200 valence electrons. The number of carbonyl (C=O) groups is 2. The SMILES string of the molecule is CC[C@H](C)n1c(CCOc2cc(Cl)cc(C#N)c2)ccc1C(=O)Nc1cc(CC(=O)O)ccc1C(F)(F)F. The lowest BCUT2D eigenvalue weighted by atomic mass is 10.1. The third-order valence-electron chi connectivity index (χ3n) is 5.89. The first kappa shape index (κ1) is 28.6. The molecule has 0 aliphatic heterocycles. The Bertz CT molecular complexity index is 1380. The van der Waals surface area contributed by atoms with Gasteiger partial charge in [-0.1, -0.05) is 24.6 Å². The van der Waals surface area contributed by atoms with Gasteiger partial charge in [0.25, 0.3) is 5.91 Å². The highest BCUT2D eigenvalue weighted by Gasteiger charge is 2.34. The number of nitrogens with one attached hydrogen (secondary N) is 1. The number of benzene rings is 2. The van der Waals surface area contributed by atoms with E-state index in [4.69, 9.17) is 26.7 Å². The van der Waals surface area contributed by atoms with Crippen LogP contribution in [0.2, 0.25) is 5.02 Å². The van der Waals surface area contributed by atoms with E-state index in [-0.39, 0.29) is 23.9 Å². The molecule has 0 aliphatic rings. The minimum Gasteiger partial charge on any atom is -0.493 e. The van der Waals surface area contributed by atoms with Crippen molar-refractivity contribution in [1.29, 1.82) is 5.26 Å². The zero-order chi connectivity index (χ0) is 28.0. The molecule has 1 amide bonds. The second-order valence-corrected chi connectivity index (χ2v) is 9.06. The normalized spacial score (nSPS) is 12.0. The lowest BCUT2D eigenvalue weighted by Gasteiger charge is -2.20. The van der Waals surface area contributed by atoms with Crippen molar-refractivity contribution < 1.29 is 32.6 Å². The minimum absolute atomic E-state index is 0.122. The van der Waals surface area contributed by atoms with Crippen LogP contribution in [0.15, 0.2) is 48.5 Å². The van der Waals surface area contributed by atoms with E-state index in [0.717, 1.165) is 23.9 Å². The van der Waals surface area contributed by atoms with E-state index >= 15 is 0 Å². The van der Waals surface area contributed by atoms with Gasteiger partial charge in [-0.15, -0.1) is 0 Å². The Morgan fingerprint density at radius 3 is 2.55 bits per heavy atom. The summed E-state index contributed by atoms with van der Waals surface area (Å²) < 4.78 is 48.3. The van der Waals surface area contributed by atoms with Crippen LogP contribution in [0.3, 0.4) is 0 Å². The van der Waals surface area contributed by atoms with Gasteiger partial charge < -0.3 is 19.7 Å². The molecule has 1 aromatic heterocycles. The Kier molecular flexibility index (Phi) is 9.07. The Morgan fingerprint density at radius 1 is 1.18 bits per heavy atom. The Balaban J connectivity index is 1.86. The summed E-state index contributed by atoms with van der Waals surface area (Å²) in [6, 6.07) is 12.6. The molecule has 0 saturated heterocycles. The van der Waals surface area contributed by atoms with Gasteiger partial charge in [-0.2, -0.15) is 18.4 Å². The van der Waals surface area contributed by atoms with Crippen LogP contribution in [0.25, 0.3) is 0 Å². The van der Waals surface area contributed by atoms with Gasteiger partial charge in [0.15, 0.2) is 0 Å². The molecule has 0 aliphatic carbocycles. The van der Waals surface area contributed by atoms with Gasteiger partial charge in [0, 0.05) is 23.2 Å². The van der Waals surface area contributed by atoms with Gasteiger partial charge in [0.05, 0.1) is 35.9 Å². The van der Waals surface area contributed by atoms with Crippen LogP contribution in [0.4, 0.5) is 18.9 Å². The first-order valence-corrected chi connectivity index (χ1v) is 12.1. The molecule has 0 fully saturated rings. The van der Waals surface area contributed by atoms with E-state index in [1.54, 1.807) is 22.8 Å². The van der Waals surface area contributed by atoms with Crippen LogP contribution in [0.5, 0.6) is 5.75 Å². The molecular weight excluding hydrogens is 523 g/mol. The van der Waals surface area contributed by atoms with Gasteiger partial charge in [-0.25, -0.2) is 0 Å². The Morgan fingerprint density at radius 2 is 1.92 bits per heavy atom. The van der Waals surface area contributed by atoms with E-state index < -0.39 is 35.7 Å². The van der Waals surface area contributed by atoms with E-state index in [1.807, 2.05) is 19.9 Å². The van der Waals surface area contributed by atoms with Crippen molar-refractivity contribution in [1.82, 2.24) is 4.57 Å². The number of amides is 1. The monoisotopic (exact) mass is 547 g/mol. The summed E-state index contributed by atoms with van der Waals surface area (Å²) in [6.07, 6.45) is -4.23. The van der Waals surface area contributed by atoms with Crippen LogP contribution in [-0.2, 0) is 23.8 Å².